The number of nitrogens with one attached hydrogen (secondary N) is 1. The molecule has 0 aliphatic heterocycles. The lowest BCUT2D eigenvalue weighted by molar-refractivity contribution is 0.0956. The second-order valence-corrected chi connectivity index (χ2v) is 6.94. The van der Waals surface area contributed by atoms with Crippen LogP contribution in [0.5, 0.6) is 0 Å². The van der Waals surface area contributed by atoms with Crippen LogP contribution in [0.1, 0.15) is 34.5 Å². The molecule has 2 aromatic rings. The van der Waals surface area contributed by atoms with E-state index in [9.17, 15) is 13.2 Å². The number of fused-ring (bicyclic) bond motifs is 1. The molecular weight excluding hydrogens is 304 g/mol. The largest absolute Gasteiger partial charge is 0.451 e. The summed E-state index contributed by atoms with van der Waals surface area (Å²) >= 11 is 0. The maximum absolute atomic E-state index is 12.0. The maximum Gasteiger partial charge on any atom is 0.300 e. The molecule has 0 aliphatic rings. The molecule has 116 valence electrons. The number of hydrogen-bond donors (Lipinski definition) is 1. The molecule has 6 nitrogen and oxygen atoms in total. The first-order valence-electron chi connectivity index (χ1n) is 6.75. The van der Waals surface area contributed by atoms with Gasteiger partial charge in [0.15, 0.2) is 5.76 Å². The van der Waals surface area contributed by atoms with Crippen LogP contribution in [0.25, 0.3) is 11.0 Å². The molecule has 0 saturated heterocycles. The van der Waals surface area contributed by atoms with Crippen LogP contribution in [0.15, 0.2) is 22.6 Å². The molecule has 0 atom stereocenters. The topological polar surface area (TPSA) is 100 Å². The predicted octanol–water partition coefficient (Wildman–Crippen LogP) is 2.41. The van der Waals surface area contributed by atoms with Crippen LogP contribution in [0.4, 0.5) is 0 Å². The quantitative estimate of drug-likeness (QED) is 0.853. The van der Waals surface area contributed by atoms with Crippen molar-refractivity contribution in [2.75, 3.05) is 5.75 Å². The molecule has 1 aromatic heterocycles. The lowest BCUT2D eigenvalue weighted by atomic mass is 10.1. The van der Waals surface area contributed by atoms with E-state index in [2.05, 4.69) is 0 Å². The second-order valence-electron chi connectivity index (χ2n) is 5.10. The first-order valence-corrected chi connectivity index (χ1v) is 8.40. The highest BCUT2D eigenvalue weighted by Gasteiger charge is 2.19. The fourth-order valence-corrected chi connectivity index (χ4v) is 3.01. The van der Waals surface area contributed by atoms with Gasteiger partial charge in [0.1, 0.15) is 5.58 Å². The number of amides is 1. The molecule has 0 aliphatic carbocycles. The van der Waals surface area contributed by atoms with Gasteiger partial charge in [-0.25, -0.2) is 13.1 Å². The molecule has 7 heteroatoms. The zero-order valence-corrected chi connectivity index (χ0v) is 13.2. The van der Waals surface area contributed by atoms with E-state index in [1.54, 1.807) is 0 Å². The third-order valence-electron chi connectivity index (χ3n) is 3.31. The number of furan rings is 1. The predicted molar refractivity (Wildman–Crippen MR) is 81.8 cm³/mol. The Labute approximate surface area is 128 Å². The highest BCUT2D eigenvalue weighted by molar-refractivity contribution is 7.90. The van der Waals surface area contributed by atoms with Gasteiger partial charge in [-0.1, -0.05) is 0 Å². The Balaban J connectivity index is 2.18. The molecule has 0 saturated carbocycles. The molecule has 0 bridgehead atoms. The van der Waals surface area contributed by atoms with Crippen molar-refractivity contribution in [2.45, 2.75) is 26.7 Å². The molecule has 1 aromatic carbocycles. The van der Waals surface area contributed by atoms with E-state index in [-0.39, 0.29) is 24.4 Å². The van der Waals surface area contributed by atoms with Gasteiger partial charge in [0.05, 0.1) is 11.8 Å². The minimum atomic E-state index is -3.77. The maximum atomic E-state index is 12.0. The number of nitrogens with zero attached hydrogens (tertiary/aromatic N) is 1. The van der Waals surface area contributed by atoms with Crippen LogP contribution >= 0.6 is 0 Å². The van der Waals surface area contributed by atoms with Gasteiger partial charge in [0, 0.05) is 11.8 Å². The Bertz CT molecular complexity index is 821. The normalized spacial score (nSPS) is 11.3. The first-order chi connectivity index (χ1) is 10.3. The van der Waals surface area contributed by atoms with Crippen LogP contribution in [0.2, 0.25) is 0 Å². The minimum absolute atomic E-state index is 0.0520. The van der Waals surface area contributed by atoms with Gasteiger partial charge in [0.2, 0.25) is 10.0 Å². The summed E-state index contributed by atoms with van der Waals surface area (Å²) < 4.78 is 30.8. The van der Waals surface area contributed by atoms with E-state index in [1.807, 2.05) is 36.8 Å². The summed E-state index contributed by atoms with van der Waals surface area (Å²) in [4.78, 5) is 12.0. The lowest BCUT2D eigenvalue weighted by Crippen LogP contribution is -2.32. The summed E-state index contributed by atoms with van der Waals surface area (Å²) in [5.41, 5.74) is 2.62. The molecule has 0 spiro atoms. The molecule has 22 heavy (non-hydrogen) atoms. The smallest absolute Gasteiger partial charge is 0.300 e. The zero-order valence-electron chi connectivity index (χ0n) is 12.3. The molecule has 1 heterocycles. The van der Waals surface area contributed by atoms with Crippen molar-refractivity contribution >= 4 is 26.9 Å². The van der Waals surface area contributed by atoms with Crippen LogP contribution in [-0.4, -0.2) is 20.1 Å². The fourth-order valence-electron chi connectivity index (χ4n) is 2.00. The van der Waals surface area contributed by atoms with Gasteiger partial charge >= 0.3 is 0 Å². The summed E-state index contributed by atoms with van der Waals surface area (Å²) in [5.74, 6) is -1.13. The number of carbonyl (C=O) groups is 1. The minimum Gasteiger partial charge on any atom is -0.451 e. The second kappa shape index (κ2) is 6.20. The van der Waals surface area contributed by atoms with Crippen molar-refractivity contribution in [1.29, 1.82) is 5.26 Å². The summed E-state index contributed by atoms with van der Waals surface area (Å²) in [6.07, 6.45) is 0.302. The van der Waals surface area contributed by atoms with E-state index >= 15 is 0 Å². The monoisotopic (exact) mass is 320 g/mol. The van der Waals surface area contributed by atoms with Crippen LogP contribution < -0.4 is 4.72 Å². The summed E-state index contributed by atoms with van der Waals surface area (Å²) in [7, 11) is -3.77. The van der Waals surface area contributed by atoms with E-state index in [4.69, 9.17) is 9.68 Å². The number of unbranched alkanes of at least 4 members (excludes halogenated alkanes) is 1. The number of rotatable bonds is 5. The Morgan fingerprint density at radius 2 is 1.95 bits per heavy atom. The average molecular weight is 320 g/mol. The summed E-state index contributed by atoms with van der Waals surface area (Å²) in [6.45, 7) is 3.87. The number of aryl methyl sites for hydroxylation is 2. The third kappa shape index (κ3) is 3.65. The van der Waals surface area contributed by atoms with Crippen molar-refractivity contribution in [1.82, 2.24) is 4.72 Å². The van der Waals surface area contributed by atoms with Gasteiger partial charge in [-0.3, -0.25) is 4.79 Å². The van der Waals surface area contributed by atoms with Gasteiger partial charge < -0.3 is 4.42 Å². The zero-order chi connectivity index (χ0) is 16.3. The van der Waals surface area contributed by atoms with Crippen molar-refractivity contribution in [3.05, 3.63) is 35.1 Å². The summed E-state index contributed by atoms with van der Waals surface area (Å²) in [6, 6.07) is 7.06. The van der Waals surface area contributed by atoms with E-state index in [0.717, 1.165) is 16.5 Å². The van der Waals surface area contributed by atoms with Gasteiger partial charge in [-0.2, -0.15) is 5.26 Å². The fraction of sp³-hybridized carbons (Fsp3) is 0.333. The molecule has 0 unspecified atom stereocenters. The highest BCUT2D eigenvalue weighted by Crippen LogP contribution is 2.23. The Kier molecular flexibility index (Phi) is 4.52. The van der Waals surface area contributed by atoms with Crippen LogP contribution in [-0.2, 0) is 10.0 Å². The standard InChI is InChI=1S/C15H16N2O4S/c1-10-7-12-9-14(21-13(12)8-11(10)2)15(18)17-22(19,20)6-4-3-5-16/h7-9H,3-4,6H2,1-2H3,(H,17,18). The SMILES string of the molecule is Cc1cc2cc(C(=O)NS(=O)(=O)CCCC#N)oc2cc1C. The van der Waals surface area contributed by atoms with Gasteiger partial charge in [-0.15, -0.1) is 0 Å². The number of carbonyl (C=O) groups excluding carboxylic acids is 1. The molecule has 2 rings (SSSR count). The van der Waals surface area contributed by atoms with E-state index < -0.39 is 15.9 Å². The molecule has 1 N–H and O–H groups in total. The number of sulfonamides is 1. The lowest BCUT2D eigenvalue weighted by Gasteiger charge is -2.03. The molecular formula is C15H16N2O4S. The Morgan fingerprint density at radius 3 is 2.64 bits per heavy atom. The van der Waals surface area contributed by atoms with E-state index in [0.29, 0.717) is 5.58 Å². The molecule has 0 fully saturated rings. The Hall–Kier alpha value is -2.33. The number of hydrogen-bond acceptors (Lipinski definition) is 5. The first kappa shape index (κ1) is 16.0. The van der Waals surface area contributed by atoms with Gasteiger partial charge in [0.25, 0.3) is 5.91 Å². The molecule has 0 radical (unpaired) electrons. The van der Waals surface area contributed by atoms with Crippen molar-refractivity contribution < 1.29 is 17.6 Å². The number of benzene rings is 1. The highest BCUT2D eigenvalue weighted by atomic mass is 32.2. The van der Waals surface area contributed by atoms with Crippen molar-refractivity contribution in [2.24, 2.45) is 0 Å². The van der Waals surface area contributed by atoms with E-state index in [1.165, 1.54) is 6.07 Å². The van der Waals surface area contributed by atoms with Crippen LogP contribution in [0.3, 0.4) is 0 Å². The van der Waals surface area contributed by atoms with Crippen molar-refractivity contribution in [3.8, 4) is 6.07 Å². The third-order valence-corrected chi connectivity index (χ3v) is 4.63. The number of nitriles is 1. The van der Waals surface area contributed by atoms with Gasteiger partial charge in [-0.05, 0) is 49.6 Å². The average Bonchev–Trinajstić information content (AvgIpc) is 2.82. The molecule has 1 amide bonds. The van der Waals surface area contributed by atoms with Crippen molar-refractivity contribution in [3.63, 3.8) is 0 Å². The van der Waals surface area contributed by atoms with Crippen LogP contribution in [0, 0.1) is 25.2 Å². The summed E-state index contributed by atoms with van der Waals surface area (Å²) in [5, 5.41) is 9.15. The Morgan fingerprint density at radius 1 is 1.27 bits per heavy atom.